The Hall–Kier alpha value is -1.69. The first kappa shape index (κ1) is 9.85. The van der Waals surface area contributed by atoms with Crippen LogP contribution in [0.25, 0.3) is 0 Å². The van der Waals surface area contributed by atoms with Crippen molar-refractivity contribution in [1.82, 2.24) is 15.3 Å². The van der Waals surface area contributed by atoms with Gasteiger partial charge in [0.1, 0.15) is 5.69 Å². The summed E-state index contributed by atoms with van der Waals surface area (Å²) in [6.07, 6.45) is 3.86. The third-order valence-electron chi connectivity index (χ3n) is 2.44. The zero-order chi connectivity index (χ0) is 10.9. The molecular weight excluding hydrogens is 198 g/mol. The monoisotopic (exact) mass is 209 g/mol. The number of carbonyl (C=O) groups is 1. The van der Waals surface area contributed by atoms with Crippen molar-refractivity contribution in [2.24, 2.45) is 0 Å². The van der Waals surface area contributed by atoms with Crippen LogP contribution in [0.1, 0.15) is 23.3 Å². The summed E-state index contributed by atoms with van der Waals surface area (Å²) < 4.78 is 0. The molecule has 1 saturated carbocycles. The van der Waals surface area contributed by atoms with Crippen LogP contribution in [-0.4, -0.2) is 33.1 Å². The van der Waals surface area contributed by atoms with E-state index in [9.17, 15) is 9.59 Å². The van der Waals surface area contributed by atoms with Gasteiger partial charge in [0, 0.05) is 6.20 Å². The van der Waals surface area contributed by atoms with Gasteiger partial charge in [-0.15, -0.1) is 0 Å². The molecule has 0 aromatic carbocycles. The van der Waals surface area contributed by atoms with Gasteiger partial charge in [0.25, 0.3) is 11.5 Å². The van der Waals surface area contributed by atoms with E-state index in [2.05, 4.69) is 15.3 Å². The van der Waals surface area contributed by atoms with Gasteiger partial charge >= 0.3 is 0 Å². The molecule has 1 amide bonds. The molecule has 0 radical (unpaired) electrons. The molecule has 1 aromatic rings. The quantitative estimate of drug-likeness (QED) is 0.596. The van der Waals surface area contributed by atoms with Crippen LogP contribution in [0.4, 0.5) is 0 Å². The fourth-order valence-electron chi connectivity index (χ4n) is 1.24. The van der Waals surface area contributed by atoms with Crippen molar-refractivity contribution < 1.29 is 9.90 Å². The van der Waals surface area contributed by atoms with Crippen LogP contribution in [0.5, 0.6) is 0 Å². The number of amides is 1. The highest BCUT2D eigenvalue weighted by molar-refractivity contribution is 5.92. The first-order valence-corrected chi connectivity index (χ1v) is 4.63. The largest absolute Gasteiger partial charge is 0.394 e. The van der Waals surface area contributed by atoms with Crippen LogP contribution in [0.3, 0.4) is 0 Å². The van der Waals surface area contributed by atoms with Crippen molar-refractivity contribution in [2.75, 3.05) is 6.61 Å². The molecule has 0 spiro atoms. The molecule has 0 bridgehead atoms. The Morgan fingerprint density at radius 2 is 2.40 bits per heavy atom. The Kier molecular flexibility index (Phi) is 2.28. The predicted octanol–water partition coefficient (Wildman–Crippen LogP) is -0.975. The molecule has 0 aliphatic heterocycles. The first-order chi connectivity index (χ1) is 7.15. The lowest BCUT2D eigenvalue weighted by Gasteiger charge is -2.13. The van der Waals surface area contributed by atoms with Gasteiger partial charge in [-0.3, -0.25) is 9.59 Å². The lowest BCUT2D eigenvalue weighted by molar-refractivity contribution is 0.0901. The molecule has 0 unspecified atom stereocenters. The molecule has 3 N–H and O–H groups in total. The second kappa shape index (κ2) is 3.47. The van der Waals surface area contributed by atoms with Gasteiger partial charge in [0.2, 0.25) is 0 Å². The number of aromatic amines is 1. The van der Waals surface area contributed by atoms with E-state index in [-0.39, 0.29) is 23.8 Å². The summed E-state index contributed by atoms with van der Waals surface area (Å²) in [5.41, 5.74) is -0.668. The maximum atomic E-state index is 11.6. The van der Waals surface area contributed by atoms with Gasteiger partial charge in [0.15, 0.2) is 0 Å². The van der Waals surface area contributed by atoms with Crippen molar-refractivity contribution in [3.8, 4) is 0 Å². The second-order valence-corrected chi connectivity index (χ2v) is 3.69. The molecular formula is C9H11N3O3. The smallest absolute Gasteiger partial charge is 0.271 e. The summed E-state index contributed by atoms with van der Waals surface area (Å²) in [6, 6.07) is 0. The van der Waals surface area contributed by atoms with Gasteiger partial charge in [-0.25, -0.2) is 4.98 Å². The Labute approximate surface area is 85.4 Å². The van der Waals surface area contributed by atoms with E-state index in [1.807, 2.05) is 0 Å². The minimum atomic E-state index is -0.463. The predicted molar refractivity (Wildman–Crippen MR) is 51.4 cm³/mol. The number of aromatic nitrogens is 2. The standard InChI is InChI=1S/C9H11N3O3/c13-5-9(1-2-9)12-8(15)6-3-11-7(14)4-10-6/h3-4,13H,1-2,5H2,(H,11,14)(H,12,15). The van der Waals surface area contributed by atoms with E-state index in [1.54, 1.807) is 0 Å². The van der Waals surface area contributed by atoms with E-state index in [4.69, 9.17) is 5.11 Å². The van der Waals surface area contributed by atoms with Crippen LogP contribution in [0.2, 0.25) is 0 Å². The van der Waals surface area contributed by atoms with Gasteiger partial charge in [-0.2, -0.15) is 0 Å². The number of nitrogens with zero attached hydrogens (tertiary/aromatic N) is 1. The third kappa shape index (κ3) is 2.04. The number of carbonyl (C=O) groups excluding carboxylic acids is 1. The molecule has 1 aromatic heterocycles. The topological polar surface area (TPSA) is 95.1 Å². The van der Waals surface area contributed by atoms with E-state index in [1.165, 1.54) is 6.20 Å². The maximum absolute atomic E-state index is 11.6. The highest BCUT2D eigenvalue weighted by Crippen LogP contribution is 2.34. The van der Waals surface area contributed by atoms with Gasteiger partial charge in [-0.05, 0) is 12.8 Å². The molecule has 1 aliphatic carbocycles. The van der Waals surface area contributed by atoms with Crippen molar-refractivity contribution in [2.45, 2.75) is 18.4 Å². The summed E-state index contributed by atoms with van der Waals surface area (Å²) in [4.78, 5) is 28.3. The van der Waals surface area contributed by atoms with Crippen molar-refractivity contribution in [3.63, 3.8) is 0 Å². The zero-order valence-corrected chi connectivity index (χ0v) is 7.99. The number of H-pyrrole nitrogens is 1. The SMILES string of the molecule is O=C(NC1(CO)CC1)c1c[nH]c(=O)cn1. The molecule has 6 nitrogen and oxygen atoms in total. The average molecular weight is 209 g/mol. The van der Waals surface area contributed by atoms with Crippen LogP contribution in [0.15, 0.2) is 17.2 Å². The van der Waals surface area contributed by atoms with Crippen molar-refractivity contribution in [1.29, 1.82) is 0 Å². The van der Waals surface area contributed by atoms with E-state index in [0.29, 0.717) is 0 Å². The van der Waals surface area contributed by atoms with Crippen LogP contribution in [0, 0.1) is 0 Å². The number of nitrogens with one attached hydrogen (secondary N) is 2. The highest BCUT2D eigenvalue weighted by Gasteiger charge is 2.43. The molecule has 1 fully saturated rings. The van der Waals surface area contributed by atoms with Crippen molar-refractivity contribution in [3.05, 3.63) is 28.4 Å². The molecule has 0 saturated heterocycles. The fourth-order valence-corrected chi connectivity index (χ4v) is 1.24. The summed E-state index contributed by atoms with van der Waals surface area (Å²) in [5.74, 6) is -0.377. The Balaban J connectivity index is 2.08. The van der Waals surface area contributed by atoms with Crippen molar-refractivity contribution >= 4 is 5.91 Å². The lowest BCUT2D eigenvalue weighted by atomic mass is 10.3. The van der Waals surface area contributed by atoms with Gasteiger partial charge in [-0.1, -0.05) is 0 Å². The van der Waals surface area contributed by atoms with E-state index >= 15 is 0 Å². The number of hydrogen-bond acceptors (Lipinski definition) is 4. The zero-order valence-electron chi connectivity index (χ0n) is 7.99. The molecule has 80 valence electrons. The molecule has 0 atom stereocenters. The van der Waals surface area contributed by atoms with E-state index < -0.39 is 5.54 Å². The number of rotatable bonds is 3. The summed E-state index contributed by atoms with van der Waals surface area (Å²) in [7, 11) is 0. The Morgan fingerprint density at radius 1 is 1.67 bits per heavy atom. The van der Waals surface area contributed by atoms with Crippen LogP contribution in [-0.2, 0) is 0 Å². The maximum Gasteiger partial charge on any atom is 0.271 e. The Bertz CT molecular complexity index is 416. The minimum absolute atomic E-state index is 0.0674. The molecule has 1 heterocycles. The first-order valence-electron chi connectivity index (χ1n) is 4.63. The number of aliphatic hydroxyl groups excluding tert-OH is 1. The summed E-state index contributed by atoms with van der Waals surface area (Å²) >= 11 is 0. The number of aliphatic hydroxyl groups is 1. The number of hydrogen-bond donors (Lipinski definition) is 3. The highest BCUT2D eigenvalue weighted by atomic mass is 16.3. The molecule has 2 rings (SSSR count). The minimum Gasteiger partial charge on any atom is -0.394 e. The van der Waals surface area contributed by atoms with Gasteiger partial charge in [0.05, 0.1) is 18.3 Å². The fraction of sp³-hybridized carbons (Fsp3) is 0.444. The van der Waals surface area contributed by atoms with Crippen LogP contribution >= 0.6 is 0 Å². The second-order valence-electron chi connectivity index (χ2n) is 3.69. The lowest BCUT2D eigenvalue weighted by Crippen LogP contribution is -2.40. The van der Waals surface area contributed by atoms with E-state index in [0.717, 1.165) is 19.0 Å². The Morgan fingerprint density at radius 3 is 2.87 bits per heavy atom. The summed E-state index contributed by atoms with van der Waals surface area (Å²) in [6.45, 7) is -0.0674. The van der Waals surface area contributed by atoms with Crippen LogP contribution < -0.4 is 10.9 Å². The average Bonchev–Trinajstić information content (AvgIpc) is 2.99. The molecule has 6 heteroatoms. The molecule has 15 heavy (non-hydrogen) atoms. The van der Waals surface area contributed by atoms with Gasteiger partial charge < -0.3 is 15.4 Å². The third-order valence-corrected chi connectivity index (χ3v) is 2.44. The normalized spacial score (nSPS) is 17.1. The summed E-state index contributed by atoms with van der Waals surface area (Å²) in [5, 5.41) is 11.7. The molecule has 1 aliphatic rings.